The van der Waals surface area contributed by atoms with E-state index in [2.05, 4.69) is 4.98 Å². The first-order valence-corrected chi connectivity index (χ1v) is 6.20. The first kappa shape index (κ1) is 14.0. The summed E-state index contributed by atoms with van der Waals surface area (Å²) in [6.45, 7) is 2.72. The van der Waals surface area contributed by atoms with Crippen molar-refractivity contribution in [3.05, 3.63) is 24.0 Å². The third-order valence-electron chi connectivity index (χ3n) is 1.91. The number of ether oxygens (including phenoxy) is 1. The summed E-state index contributed by atoms with van der Waals surface area (Å²) in [5.41, 5.74) is 0.00861. The summed E-state index contributed by atoms with van der Waals surface area (Å²) in [4.78, 5) is 15.2. The highest BCUT2D eigenvalue weighted by molar-refractivity contribution is 7.99. The lowest BCUT2D eigenvalue weighted by molar-refractivity contribution is 0.0551. The van der Waals surface area contributed by atoms with Gasteiger partial charge in [0.2, 0.25) is 0 Å². The third kappa shape index (κ3) is 5.16. The van der Waals surface area contributed by atoms with Crippen LogP contribution >= 0.6 is 11.8 Å². The van der Waals surface area contributed by atoms with Crippen molar-refractivity contribution >= 4 is 17.7 Å². The maximum absolute atomic E-state index is 10.7. The summed E-state index contributed by atoms with van der Waals surface area (Å²) in [6.07, 6.45) is 0.891. The summed E-state index contributed by atoms with van der Waals surface area (Å²) >= 11 is 1.38. The maximum Gasteiger partial charge on any atom is 0.354 e. The van der Waals surface area contributed by atoms with Crippen LogP contribution in [0, 0.1) is 0 Å². The minimum absolute atomic E-state index is 0.00861. The fourth-order valence-electron chi connectivity index (χ4n) is 1.11. The monoisotopic (exact) mass is 257 g/mol. The molecule has 1 aromatic heterocycles. The fraction of sp³-hybridized carbons (Fsp3) is 0.455. The Morgan fingerprint density at radius 1 is 1.65 bits per heavy atom. The molecule has 94 valence electrons. The number of aliphatic hydroxyl groups excluding tert-OH is 1. The van der Waals surface area contributed by atoms with Crippen LogP contribution in [0.2, 0.25) is 0 Å². The van der Waals surface area contributed by atoms with Crippen LogP contribution in [0.5, 0.6) is 0 Å². The zero-order valence-electron chi connectivity index (χ0n) is 9.50. The van der Waals surface area contributed by atoms with Crippen molar-refractivity contribution in [2.75, 3.05) is 19.0 Å². The maximum atomic E-state index is 10.7. The molecule has 0 bridgehead atoms. The van der Waals surface area contributed by atoms with Gasteiger partial charge in [0.15, 0.2) is 0 Å². The first-order valence-electron chi connectivity index (χ1n) is 5.21. The fourth-order valence-corrected chi connectivity index (χ4v) is 1.95. The number of hydrogen-bond donors (Lipinski definition) is 2. The number of aromatic nitrogens is 1. The van der Waals surface area contributed by atoms with E-state index in [1.165, 1.54) is 24.0 Å². The molecule has 1 atom stereocenters. The van der Waals surface area contributed by atoms with E-state index in [0.29, 0.717) is 19.0 Å². The average molecular weight is 257 g/mol. The Hall–Kier alpha value is -1.11. The molecule has 0 fully saturated rings. The van der Waals surface area contributed by atoms with Crippen molar-refractivity contribution in [3.63, 3.8) is 0 Å². The Kier molecular flexibility index (Phi) is 5.96. The lowest BCUT2D eigenvalue weighted by Crippen LogP contribution is -2.17. The van der Waals surface area contributed by atoms with Crippen molar-refractivity contribution in [2.24, 2.45) is 0 Å². The van der Waals surface area contributed by atoms with Crippen LogP contribution in [0.1, 0.15) is 17.4 Å². The van der Waals surface area contributed by atoms with E-state index >= 15 is 0 Å². The van der Waals surface area contributed by atoms with Crippen molar-refractivity contribution in [3.8, 4) is 0 Å². The van der Waals surface area contributed by atoms with E-state index in [4.69, 9.17) is 9.84 Å². The Labute approximate surface area is 104 Å². The van der Waals surface area contributed by atoms with Gasteiger partial charge in [-0.3, -0.25) is 0 Å². The van der Waals surface area contributed by atoms with E-state index in [0.717, 1.165) is 4.90 Å². The first-order chi connectivity index (χ1) is 8.13. The van der Waals surface area contributed by atoms with Gasteiger partial charge in [0, 0.05) is 23.5 Å². The van der Waals surface area contributed by atoms with Gasteiger partial charge >= 0.3 is 5.97 Å². The van der Waals surface area contributed by atoms with E-state index in [-0.39, 0.29) is 5.69 Å². The number of aliphatic hydroxyl groups is 1. The number of rotatable bonds is 7. The molecule has 0 amide bonds. The summed E-state index contributed by atoms with van der Waals surface area (Å²) in [5.74, 6) is -0.592. The number of pyridine rings is 1. The average Bonchev–Trinajstić information content (AvgIpc) is 2.34. The van der Waals surface area contributed by atoms with Crippen molar-refractivity contribution < 1.29 is 19.7 Å². The van der Waals surface area contributed by atoms with E-state index in [1.807, 2.05) is 6.92 Å². The van der Waals surface area contributed by atoms with Crippen molar-refractivity contribution in [1.82, 2.24) is 4.98 Å². The Bertz CT molecular complexity index is 372. The van der Waals surface area contributed by atoms with Crippen LogP contribution in [-0.2, 0) is 4.74 Å². The second-order valence-corrected chi connectivity index (χ2v) is 4.40. The molecule has 1 rings (SSSR count). The number of carboxylic acids is 1. The molecule has 0 aliphatic rings. The molecule has 0 spiro atoms. The molecule has 2 N–H and O–H groups in total. The van der Waals surface area contributed by atoms with Gasteiger partial charge in [-0.05, 0) is 19.1 Å². The minimum atomic E-state index is -1.05. The van der Waals surface area contributed by atoms with Crippen LogP contribution in [0.25, 0.3) is 0 Å². The van der Waals surface area contributed by atoms with Crippen LogP contribution in [0.15, 0.2) is 23.2 Å². The molecule has 5 nitrogen and oxygen atoms in total. The molecule has 0 aliphatic carbocycles. The third-order valence-corrected chi connectivity index (χ3v) is 3.05. The van der Waals surface area contributed by atoms with Crippen LogP contribution in [0.4, 0.5) is 0 Å². The Morgan fingerprint density at radius 3 is 3.06 bits per heavy atom. The molecule has 0 aromatic carbocycles. The SMILES string of the molecule is CCOCC(O)CSc1ccnc(C(=O)O)c1. The molecule has 6 heteroatoms. The lowest BCUT2D eigenvalue weighted by Gasteiger charge is -2.09. The lowest BCUT2D eigenvalue weighted by atomic mass is 10.3. The highest BCUT2D eigenvalue weighted by Gasteiger charge is 2.08. The highest BCUT2D eigenvalue weighted by Crippen LogP contribution is 2.19. The number of thioether (sulfide) groups is 1. The molecule has 1 heterocycles. The molecular formula is C11H15NO4S. The van der Waals surface area contributed by atoms with E-state index in [9.17, 15) is 9.90 Å². The van der Waals surface area contributed by atoms with Gasteiger partial charge in [0.05, 0.1) is 12.7 Å². The number of hydrogen-bond acceptors (Lipinski definition) is 5. The summed E-state index contributed by atoms with van der Waals surface area (Å²) in [5, 5.41) is 18.3. The zero-order chi connectivity index (χ0) is 12.7. The van der Waals surface area contributed by atoms with Gasteiger partial charge in [-0.1, -0.05) is 0 Å². The number of carbonyl (C=O) groups is 1. The normalized spacial score (nSPS) is 12.4. The summed E-state index contributed by atoms with van der Waals surface area (Å²) in [7, 11) is 0. The molecule has 1 unspecified atom stereocenters. The van der Waals surface area contributed by atoms with Crippen LogP contribution in [0.3, 0.4) is 0 Å². The Morgan fingerprint density at radius 2 is 2.41 bits per heavy atom. The second-order valence-electron chi connectivity index (χ2n) is 3.31. The summed E-state index contributed by atoms with van der Waals surface area (Å²) < 4.78 is 5.08. The minimum Gasteiger partial charge on any atom is -0.477 e. The van der Waals surface area contributed by atoms with Crippen molar-refractivity contribution in [1.29, 1.82) is 0 Å². The number of carboxylic acid groups (broad SMARTS) is 1. The molecule has 0 radical (unpaired) electrons. The van der Waals surface area contributed by atoms with Crippen LogP contribution in [-0.4, -0.2) is 46.2 Å². The van der Waals surface area contributed by atoms with Gasteiger partial charge in [-0.2, -0.15) is 0 Å². The quantitative estimate of drug-likeness (QED) is 0.716. The number of aromatic carboxylic acids is 1. The van der Waals surface area contributed by atoms with Gasteiger partial charge in [-0.15, -0.1) is 11.8 Å². The van der Waals surface area contributed by atoms with Crippen LogP contribution < -0.4 is 0 Å². The highest BCUT2D eigenvalue weighted by atomic mass is 32.2. The van der Waals surface area contributed by atoms with E-state index < -0.39 is 12.1 Å². The predicted molar refractivity (Wildman–Crippen MR) is 64.4 cm³/mol. The topological polar surface area (TPSA) is 79.7 Å². The van der Waals surface area contributed by atoms with Crippen molar-refractivity contribution in [2.45, 2.75) is 17.9 Å². The van der Waals surface area contributed by atoms with E-state index in [1.54, 1.807) is 6.07 Å². The number of nitrogens with zero attached hydrogens (tertiary/aromatic N) is 1. The molecule has 0 saturated carbocycles. The zero-order valence-corrected chi connectivity index (χ0v) is 10.3. The smallest absolute Gasteiger partial charge is 0.354 e. The predicted octanol–water partition coefficient (Wildman–Crippen LogP) is 1.27. The molecule has 17 heavy (non-hydrogen) atoms. The molecule has 1 aromatic rings. The molecule has 0 saturated heterocycles. The van der Waals surface area contributed by atoms with Gasteiger partial charge < -0.3 is 14.9 Å². The van der Waals surface area contributed by atoms with Gasteiger partial charge in [-0.25, -0.2) is 9.78 Å². The van der Waals surface area contributed by atoms with Gasteiger partial charge in [0.1, 0.15) is 5.69 Å². The Balaban J connectivity index is 2.46. The molecular weight excluding hydrogens is 242 g/mol. The largest absolute Gasteiger partial charge is 0.477 e. The molecule has 0 aliphatic heterocycles. The summed E-state index contributed by atoms with van der Waals surface area (Å²) in [6, 6.07) is 3.20. The standard InChI is InChI=1S/C11H15NO4S/c1-2-16-6-8(13)7-17-9-3-4-12-10(5-9)11(14)15/h3-5,8,13H,2,6-7H2,1H3,(H,14,15). The van der Waals surface area contributed by atoms with Gasteiger partial charge in [0.25, 0.3) is 0 Å². The second kappa shape index (κ2) is 7.26.